The molecule has 0 bridgehead atoms. The molecule has 0 unspecified atom stereocenters. The lowest BCUT2D eigenvalue weighted by atomic mass is 10.00. The van der Waals surface area contributed by atoms with E-state index in [1.54, 1.807) is 12.4 Å². The largest absolute Gasteiger partial charge is 0.447 e. The predicted molar refractivity (Wildman–Crippen MR) is 113 cm³/mol. The molecule has 0 aliphatic carbocycles. The van der Waals surface area contributed by atoms with Gasteiger partial charge in [0.25, 0.3) is 0 Å². The van der Waals surface area contributed by atoms with Crippen LogP contribution in [0.3, 0.4) is 0 Å². The molecule has 0 radical (unpaired) electrons. The van der Waals surface area contributed by atoms with E-state index in [0.717, 1.165) is 23.7 Å². The minimum Gasteiger partial charge on any atom is -0.447 e. The molecule has 1 aromatic heterocycles. The number of hydrogen-bond donors (Lipinski definition) is 1. The summed E-state index contributed by atoms with van der Waals surface area (Å²) in [5.41, 5.74) is 1.19. The van der Waals surface area contributed by atoms with Gasteiger partial charge >= 0.3 is 6.09 Å². The summed E-state index contributed by atoms with van der Waals surface area (Å²) in [7, 11) is 0. The lowest BCUT2D eigenvalue weighted by molar-refractivity contribution is 0.0600. The van der Waals surface area contributed by atoms with E-state index in [9.17, 15) is 4.79 Å². The van der Waals surface area contributed by atoms with Crippen molar-refractivity contribution in [3.63, 3.8) is 0 Å². The molecule has 1 fully saturated rings. The second kappa shape index (κ2) is 9.37. The number of ether oxygens (including phenoxy) is 1. The molecule has 1 saturated heterocycles. The predicted octanol–water partition coefficient (Wildman–Crippen LogP) is 4.66. The Morgan fingerprint density at radius 1 is 1.29 bits per heavy atom. The lowest BCUT2D eigenvalue weighted by Gasteiger charge is -2.31. The van der Waals surface area contributed by atoms with Crippen molar-refractivity contribution in [2.45, 2.75) is 64.3 Å². The maximum atomic E-state index is 12.9. The van der Waals surface area contributed by atoms with Gasteiger partial charge in [-0.05, 0) is 54.6 Å². The first-order chi connectivity index (χ1) is 13.5. The van der Waals surface area contributed by atoms with Crippen molar-refractivity contribution >= 4 is 28.0 Å². The topological polar surface area (TPSA) is 67.4 Å². The molecule has 1 N–H and O–H groups in total. The normalized spacial score (nSPS) is 21.8. The first kappa shape index (κ1) is 20.6. The molecule has 0 saturated carbocycles. The number of aromatic nitrogens is 2. The summed E-state index contributed by atoms with van der Waals surface area (Å²) < 4.78 is 6.40. The number of hydrogen-bond acceptors (Lipinski definition) is 5. The van der Waals surface area contributed by atoms with Gasteiger partial charge in [-0.3, -0.25) is 4.90 Å². The minimum atomic E-state index is -0.246. The molecular formula is C21H27BrN4O2. The van der Waals surface area contributed by atoms with Gasteiger partial charge in [-0.2, -0.15) is 0 Å². The van der Waals surface area contributed by atoms with Crippen LogP contribution in [0.2, 0.25) is 0 Å². The summed E-state index contributed by atoms with van der Waals surface area (Å²) in [6, 6.07) is 10.4. The molecule has 6 nitrogen and oxygen atoms in total. The average molecular weight is 447 g/mol. The first-order valence-electron chi connectivity index (χ1n) is 9.74. The van der Waals surface area contributed by atoms with Crippen molar-refractivity contribution in [2.75, 3.05) is 5.32 Å². The molecule has 150 valence electrons. The summed E-state index contributed by atoms with van der Waals surface area (Å²) in [5, 5.41) is 3.45. The van der Waals surface area contributed by atoms with Gasteiger partial charge in [-0.1, -0.05) is 37.3 Å². The molecule has 7 heteroatoms. The van der Waals surface area contributed by atoms with Crippen LogP contribution in [0.4, 0.5) is 10.7 Å². The van der Waals surface area contributed by atoms with Crippen molar-refractivity contribution in [3.05, 3.63) is 52.8 Å². The molecule has 2 aromatic rings. The summed E-state index contributed by atoms with van der Waals surface area (Å²) >= 11 is 3.36. The van der Waals surface area contributed by atoms with Crippen LogP contribution in [0.25, 0.3) is 0 Å². The molecule has 1 aromatic carbocycles. The zero-order chi connectivity index (χ0) is 20.1. The molecule has 1 aliphatic rings. The van der Waals surface area contributed by atoms with E-state index >= 15 is 0 Å². The van der Waals surface area contributed by atoms with E-state index in [1.807, 2.05) is 36.9 Å². The fourth-order valence-electron chi connectivity index (χ4n) is 3.74. The second-order valence-corrected chi connectivity index (χ2v) is 8.29. The van der Waals surface area contributed by atoms with Crippen LogP contribution in [0.1, 0.15) is 39.2 Å². The Hall–Kier alpha value is -2.15. The number of nitrogens with zero attached hydrogens (tertiary/aromatic N) is 3. The third kappa shape index (κ3) is 5.01. The highest BCUT2D eigenvalue weighted by molar-refractivity contribution is 9.10. The standard InChI is InChI=1S/C21H27BrN4O2/c1-4-17-11-18(25-20-23-12-16(22)13-24-20)19(10-15-8-6-5-7-9-15)26(17)21(27)28-14(2)3/h5-9,12-14,17-19H,4,10-11H2,1-3H3,(H,23,24,25)/t17-,18+,19+/m1/s1. The van der Waals surface area contributed by atoms with Gasteiger partial charge in [-0.15, -0.1) is 0 Å². The van der Waals surface area contributed by atoms with E-state index in [0.29, 0.717) is 5.95 Å². The number of carbonyl (C=O) groups is 1. The number of benzene rings is 1. The Kier molecular flexibility index (Phi) is 6.88. The fourth-order valence-corrected chi connectivity index (χ4v) is 3.95. The smallest absolute Gasteiger partial charge is 0.410 e. The van der Waals surface area contributed by atoms with Crippen LogP contribution >= 0.6 is 15.9 Å². The second-order valence-electron chi connectivity index (χ2n) is 7.37. The highest BCUT2D eigenvalue weighted by atomic mass is 79.9. The lowest BCUT2D eigenvalue weighted by Crippen LogP contribution is -2.46. The van der Waals surface area contributed by atoms with Crippen molar-refractivity contribution in [1.82, 2.24) is 14.9 Å². The number of halogens is 1. The Morgan fingerprint density at radius 2 is 1.96 bits per heavy atom. The molecule has 0 spiro atoms. The van der Waals surface area contributed by atoms with Crippen LogP contribution in [0, 0.1) is 0 Å². The van der Waals surface area contributed by atoms with Crippen molar-refractivity contribution in [1.29, 1.82) is 0 Å². The fraction of sp³-hybridized carbons (Fsp3) is 0.476. The third-order valence-corrected chi connectivity index (χ3v) is 5.39. The maximum Gasteiger partial charge on any atom is 0.410 e. The minimum absolute atomic E-state index is 0.0363. The van der Waals surface area contributed by atoms with Gasteiger partial charge in [0.05, 0.1) is 22.7 Å². The Labute approximate surface area is 174 Å². The number of nitrogens with one attached hydrogen (secondary N) is 1. The van der Waals surface area contributed by atoms with Crippen LogP contribution in [0.15, 0.2) is 47.2 Å². The summed E-state index contributed by atoms with van der Waals surface area (Å²) in [5.74, 6) is 0.570. The highest BCUT2D eigenvalue weighted by Crippen LogP contribution is 2.32. The Morgan fingerprint density at radius 3 is 2.57 bits per heavy atom. The van der Waals surface area contributed by atoms with E-state index in [-0.39, 0.29) is 30.3 Å². The van der Waals surface area contributed by atoms with E-state index in [4.69, 9.17) is 4.74 Å². The Balaban J connectivity index is 1.87. The average Bonchev–Trinajstić information content (AvgIpc) is 3.01. The summed E-state index contributed by atoms with van der Waals surface area (Å²) in [4.78, 5) is 23.5. The molecular weight excluding hydrogens is 420 g/mol. The number of carbonyl (C=O) groups excluding carboxylic acids is 1. The van der Waals surface area contributed by atoms with Crippen LogP contribution in [-0.4, -0.2) is 45.2 Å². The van der Waals surface area contributed by atoms with Crippen LogP contribution in [-0.2, 0) is 11.2 Å². The molecule has 28 heavy (non-hydrogen) atoms. The van der Waals surface area contributed by atoms with Crippen molar-refractivity contribution in [2.24, 2.45) is 0 Å². The third-order valence-electron chi connectivity index (χ3n) is 4.98. The first-order valence-corrected chi connectivity index (χ1v) is 10.5. The molecule has 1 amide bonds. The number of anilines is 1. The maximum absolute atomic E-state index is 12.9. The van der Waals surface area contributed by atoms with E-state index < -0.39 is 0 Å². The van der Waals surface area contributed by atoms with E-state index in [1.165, 1.54) is 5.56 Å². The van der Waals surface area contributed by atoms with Crippen LogP contribution in [0.5, 0.6) is 0 Å². The summed E-state index contributed by atoms with van der Waals surface area (Å²) in [6.07, 6.45) is 5.50. The molecule has 3 rings (SSSR count). The Bertz CT molecular complexity index is 770. The van der Waals surface area contributed by atoms with Crippen LogP contribution < -0.4 is 5.32 Å². The SMILES string of the molecule is CC[C@@H]1C[C@H](Nc2ncc(Br)cn2)[C@H](Cc2ccccc2)N1C(=O)OC(C)C. The number of amides is 1. The van der Waals surface area contributed by atoms with E-state index in [2.05, 4.69) is 50.3 Å². The van der Waals surface area contributed by atoms with Crippen molar-refractivity contribution in [3.8, 4) is 0 Å². The van der Waals surface area contributed by atoms with Crippen molar-refractivity contribution < 1.29 is 9.53 Å². The van der Waals surface area contributed by atoms with Gasteiger partial charge in [0.15, 0.2) is 0 Å². The number of likely N-dealkylation sites (tertiary alicyclic amines) is 1. The monoisotopic (exact) mass is 446 g/mol. The molecule has 1 aliphatic heterocycles. The molecule has 2 heterocycles. The van der Waals surface area contributed by atoms with Gasteiger partial charge in [0.1, 0.15) is 0 Å². The zero-order valence-corrected chi connectivity index (χ0v) is 18.1. The zero-order valence-electron chi connectivity index (χ0n) is 16.5. The molecule has 3 atom stereocenters. The van der Waals surface area contributed by atoms with Gasteiger partial charge in [0, 0.05) is 18.4 Å². The quantitative estimate of drug-likeness (QED) is 0.698. The van der Waals surface area contributed by atoms with Gasteiger partial charge < -0.3 is 10.1 Å². The number of rotatable bonds is 6. The highest BCUT2D eigenvalue weighted by Gasteiger charge is 2.44. The van der Waals surface area contributed by atoms with Gasteiger partial charge in [0.2, 0.25) is 5.95 Å². The summed E-state index contributed by atoms with van der Waals surface area (Å²) in [6.45, 7) is 5.87. The van der Waals surface area contributed by atoms with Gasteiger partial charge in [-0.25, -0.2) is 14.8 Å².